The van der Waals surface area contributed by atoms with E-state index in [4.69, 9.17) is 34.8 Å². The van der Waals surface area contributed by atoms with E-state index in [1.54, 1.807) is 47.3 Å². The van der Waals surface area contributed by atoms with Gasteiger partial charge in [0.2, 0.25) is 5.91 Å². The summed E-state index contributed by atoms with van der Waals surface area (Å²) in [6, 6.07) is 12.1. The summed E-state index contributed by atoms with van der Waals surface area (Å²) in [5.74, 6) is -0.436. The Balaban J connectivity index is 1.21. The Hall–Kier alpha value is -2.87. The molecule has 0 aliphatic carbocycles. The summed E-state index contributed by atoms with van der Waals surface area (Å²) in [5, 5.41) is 8.31. The minimum Gasteiger partial charge on any atom is -0.308 e. The van der Waals surface area contributed by atoms with Crippen molar-refractivity contribution in [3.8, 4) is 0 Å². The number of nitrogens with zero attached hydrogens (tertiary/aromatic N) is 3. The van der Waals surface area contributed by atoms with Crippen LogP contribution in [-0.2, 0) is 11.3 Å². The van der Waals surface area contributed by atoms with Gasteiger partial charge in [-0.25, -0.2) is 0 Å². The van der Waals surface area contributed by atoms with Crippen LogP contribution < -0.4 is 5.32 Å². The number of benzene rings is 2. The van der Waals surface area contributed by atoms with Gasteiger partial charge in [-0.1, -0.05) is 59.4 Å². The van der Waals surface area contributed by atoms with Gasteiger partial charge in [0.05, 0.1) is 27.7 Å². The van der Waals surface area contributed by atoms with Crippen LogP contribution in [0, 0.1) is 0 Å². The maximum Gasteiger partial charge on any atom is 0.261 e. The highest BCUT2D eigenvalue weighted by molar-refractivity contribution is 6.42. The number of carbonyl (C=O) groups is 3. The Morgan fingerprint density at radius 1 is 0.882 bits per heavy atom. The first kappa shape index (κ1) is 24.3. The number of hydrogen-bond acceptors (Lipinski definition) is 4. The lowest BCUT2D eigenvalue weighted by atomic mass is 10.1. The van der Waals surface area contributed by atoms with Crippen LogP contribution in [0.15, 0.2) is 48.7 Å². The number of carbonyl (C=O) groups excluding carboxylic acids is 3. The summed E-state index contributed by atoms with van der Waals surface area (Å²) in [4.78, 5) is 38.3. The van der Waals surface area contributed by atoms with Crippen LogP contribution in [0.4, 0.5) is 5.82 Å². The third kappa shape index (κ3) is 5.43. The smallest absolute Gasteiger partial charge is 0.261 e. The van der Waals surface area contributed by atoms with Gasteiger partial charge in [-0.2, -0.15) is 5.10 Å². The molecular formula is C24H21Cl3N4O3. The Kier molecular flexibility index (Phi) is 7.56. The molecule has 4 rings (SSSR count). The summed E-state index contributed by atoms with van der Waals surface area (Å²) in [5.41, 5.74) is 1.79. The SMILES string of the molecule is O=C(CCCCCN1C(=O)c2ccccc2C1=O)Nc1nn(Cc2ccc(Cl)c(Cl)c2)cc1Cl. The van der Waals surface area contributed by atoms with Gasteiger partial charge in [0.25, 0.3) is 11.8 Å². The molecule has 3 amide bonds. The van der Waals surface area contributed by atoms with E-state index in [-0.39, 0.29) is 30.0 Å². The van der Waals surface area contributed by atoms with Crippen molar-refractivity contribution in [3.05, 3.63) is 80.4 Å². The van der Waals surface area contributed by atoms with Gasteiger partial charge in [-0.15, -0.1) is 0 Å². The van der Waals surface area contributed by atoms with Crippen molar-refractivity contribution < 1.29 is 14.4 Å². The number of aromatic nitrogens is 2. The molecule has 0 bridgehead atoms. The minimum atomic E-state index is -0.260. The molecule has 0 atom stereocenters. The molecule has 1 aliphatic heterocycles. The Morgan fingerprint density at radius 3 is 2.26 bits per heavy atom. The maximum absolute atomic E-state index is 12.4. The topological polar surface area (TPSA) is 84.3 Å². The molecule has 0 saturated carbocycles. The lowest BCUT2D eigenvalue weighted by Gasteiger charge is -2.13. The summed E-state index contributed by atoms with van der Waals surface area (Å²) >= 11 is 18.2. The van der Waals surface area contributed by atoms with E-state index in [0.717, 1.165) is 5.56 Å². The van der Waals surface area contributed by atoms with E-state index in [1.807, 2.05) is 6.07 Å². The normalized spacial score (nSPS) is 12.9. The van der Waals surface area contributed by atoms with E-state index in [0.29, 0.717) is 58.5 Å². The lowest BCUT2D eigenvalue weighted by Crippen LogP contribution is -2.30. The molecule has 2 aromatic carbocycles. The summed E-state index contributed by atoms with van der Waals surface area (Å²) in [7, 11) is 0. The van der Waals surface area contributed by atoms with Crippen LogP contribution in [0.5, 0.6) is 0 Å². The molecule has 0 fully saturated rings. The molecule has 2 heterocycles. The zero-order chi connectivity index (χ0) is 24.2. The summed E-state index contributed by atoms with van der Waals surface area (Å²) < 4.78 is 1.61. The van der Waals surface area contributed by atoms with Gasteiger partial charge in [-0.3, -0.25) is 24.0 Å². The third-order valence-corrected chi connectivity index (χ3v) is 6.48. The van der Waals surface area contributed by atoms with Crippen LogP contribution >= 0.6 is 34.8 Å². The van der Waals surface area contributed by atoms with E-state index in [9.17, 15) is 14.4 Å². The second kappa shape index (κ2) is 10.6. The largest absolute Gasteiger partial charge is 0.308 e. The van der Waals surface area contributed by atoms with Crippen molar-refractivity contribution in [2.45, 2.75) is 32.2 Å². The summed E-state index contributed by atoms with van der Waals surface area (Å²) in [6.07, 6.45) is 3.83. The van der Waals surface area contributed by atoms with Crippen molar-refractivity contribution in [2.75, 3.05) is 11.9 Å². The van der Waals surface area contributed by atoms with E-state index in [2.05, 4.69) is 10.4 Å². The highest BCUT2D eigenvalue weighted by atomic mass is 35.5. The predicted molar refractivity (Wildman–Crippen MR) is 132 cm³/mol. The number of unbranched alkanes of at least 4 members (excludes halogenated alkanes) is 2. The first-order valence-electron chi connectivity index (χ1n) is 10.8. The van der Waals surface area contributed by atoms with Crippen molar-refractivity contribution in [2.24, 2.45) is 0 Å². The second-order valence-electron chi connectivity index (χ2n) is 7.94. The molecule has 3 aromatic rings. The van der Waals surface area contributed by atoms with Crippen LogP contribution in [-0.4, -0.2) is 38.9 Å². The number of imide groups is 1. The number of amides is 3. The van der Waals surface area contributed by atoms with Gasteiger partial charge in [-0.05, 0) is 42.7 Å². The predicted octanol–water partition coefficient (Wildman–Crippen LogP) is 5.69. The van der Waals surface area contributed by atoms with Crippen LogP contribution in [0.25, 0.3) is 0 Å². The van der Waals surface area contributed by atoms with Gasteiger partial charge in [0.1, 0.15) is 5.02 Å². The molecule has 10 heteroatoms. The van der Waals surface area contributed by atoms with Gasteiger partial charge >= 0.3 is 0 Å². The zero-order valence-corrected chi connectivity index (χ0v) is 20.3. The molecule has 1 aliphatic rings. The molecule has 0 radical (unpaired) electrons. The molecule has 0 saturated heterocycles. The van der Waals surface area contributed by atoms with Crippen molar-refractivity contribution in [1.82, 2.24) is 14.7 Å². The highest BCUT2D eigenvalue weighted by Gasteiger charge is 2.34. The van der Waals surface area contributed by atoms with E-state index < -0.39 is 0 Å². The Morgan fingerprint density at radius 2 is 1.59 bits per heavy atom. The molecule has 0 unspecified atom stereocenters. The highest BCUT2D eigenvalue weighted by Crippen LogP contribution is 2.25. The lowest BCUT2D eigenvalue weighted by molar-refractivity contribution is -0.116. The maximum atomic E-state index is 12.4. The quantitative estimate of drug-likeness (QED) is 0.291. The third-order valence-electron chi connectivity index (χ3n) is 5.47. The number of fused-ring (bicyclic) bond motifs is 1. The average Bonchev–Trinajstić information content (AvgIpc) is 3.27. The van der Waals surface area contributed by atoms with Crippen molar-refractivity contribution in [1.29, 1.82) is 0 Å². The monoisotopic (exact) mass is 518 g/mol. The number of nitrogens with one attached hydrogen (secondary N) is 1. The van der Waals surface area contributed by atoms with Gasteiger partial charge in [0.15, 0.2) is 5.82 Å². The fourth-order valence-corrected chi connectivity index (χ4v) is 4.28. The fraction of sp³-hybridized carbons (Fsp3) is 0.250. The number of hydrogen-bond donors (Lipinski definition) is 1. The van der Waals surface area contributed by atoms with Crippen LogP contribution in [0.1, 0.15) is 52.0 Å². The molecule has 7 nitrogen and oxygen atoms in total. The first-order chi connectivity index (χ1) is 16.3. The Bertz CT molecular complexity index is 1220. The summed E-state index contributed by atoms with van der Waals surface area (Å²) in [6.45, 7) is 0.753. The van der Waals surface area contributed by atoms with Gasteiger partial charge < -0.3 is 5.32 Å². The van der Waals surface area contributed by atoms with Crippen molar-refractivity contribution >= 4 is 58.3 Å². The first-order valence-corrected chi connectivity index (χ1v) is 11.9. The van der Waals surface area contributed by atoms with Crippen LogP contribution in [0.2, 0.25) is 15.1 Å². The van der Waals surface area contributed by atoms with Crippen LogP contribution in [0.3, 0.4) is 0 Å². The van der Waals surface area contributed by atoms with Crippen molar-refractivity contribution in [3.63, 3.8) is 0 Å². The van der Waals surface area contributed by atoms with E-state index in [1.165, 1.54) is 4.90 Å². The average molecular weight is 520 g/mol. The number of anilines is 1. The zero-order valence-electron chi connectivity index (χ0n) is 18.1. The molecule has 0 spiro atoms. The molecular weight excluding hydrogens is 499 g/mol. The molecule has 1 N–H and O–H groups in total. The molecule has 34 heavy (non-hydrogen) atoms. The Labute approximate surface area is 211 Å². The number of rotatable bonds is 9. The number of halogens is 3. The van der Waals surface area contributed by atoms with Gasteiger partial charge in [0, 0.05) is 19.2 Å². The molecule has 1 aromatic heterocycles. The standard InChI is InChI=1S/C24H21Cl3N4O3/c25-18-10-9-15(12-19(18)26)13-30-14-20(27)22(29-30)28-21(32)8-2-1-5-11-31-23(33)16-6-3-4-7-17(16)24(31)34/h3-4,6-7,9-10,12,14H,1-2,5,8,11,13H2,(H,28,29,32). The second-order valence-corrected chi connectivity index (χ2v) is 9.16. The minimum absolute atomic E-state index is 0.206. The van der Waals surface area contributed by atoms with E-state index >= 15 is 0 Å². The molecule has 176 valence electrons. The fourth-order valence-electron chi connectivity index (χ4n) is 3.76.